The van der Waals surface area contributed by atoms with Crippen molar-refractivity contribution in [1.82, 2.24) is 18.3 Å². The number of Topliss-reactive ketones (excluding diaryl/α,β-unsaturated/α-hetero) is 1. The monoisotopic (exact) mass is 992 g/mol. The van der Waals surface area contributed by atoms with Crippen LogP contribution in [0.15, 0.2) is 134 Å². The molecule has 4 N–H and O–H groups in total. The molecule has 0 aliphatic rings. The van der Waals surface area contributed by atoms with Gasteiger partial charge in [-0.25, -0.2) is 0 Å². The molecule has 0 saturated carbocycles. The molecular weight excluding hydrogens is 943 g/mol. The van der Waals surface area contributed by atoms with Gasteiger partial charge in [-0.3, -0.25) is 47.5 Å². The Kier molecular flexibility index (Phi) is 19.7. The third-order valence-electron chi connectivity index (χ3n) is 10.5. The van der Waals surface area contributed by atoms with E-state index in [1.165, 1.54) is 21.4 Å². The first kappa shape index (κ1) is 54.5. The number of halogens is 2. The largest absolute Gasteiger partial charge is 0.481 e. The zero-order chi connectivity index (χ0) is 51.8. The molecule has 0 radical (unpaired) electrons. The van der Waals surface area contributed by atoms with Crippen molar-refractivity contribution in [3.8, 4) is 0 Å². The highest BCUT2D eigenvalue weighted by Crippen LogP contribution is 2.21. The molecule has 7 rings (SSSR count). The summed E-state index contributed by atoms with van der Waals surface area (Å²) in [5.41, 5.74) is 5.62. The van der Waals surface area contributed by atoms with Gasteiger partial charge in [0.1, 0.15) is 5.15 Å². The number of rotatable bonds is 14. The van der Waals surface area contributed by atoms with E-state index in [2.05, 4.69) is 0 Å². The number of hydrogen-bond donors (Lipinski definition) is 4. The fraction of sp³-hybridized carbons (Fsp3) is 0.192. The van der Waals surface area contributed by atoms with E-state index >= 15 is 0 Å². The average molecular weight is 994 g/mol. The van der Waals surface area contributed by atoms with E-state index in [0.29, 0.717) is 61.3 Å². The number of aromatic nitrogens is 4. The first-order valence-electron chi connectivity index (χ1n) is 21.3. The highest BCUT2D eigenvalue weighted by molar-refractivity contribution is 6.32. The fourth-order valence-electron chi connectivity index (χ4n) is 6.76. The van der Waals surface area contributed by atoms with Crippen LogP contribution in [0.2, 0.25) is 10.2 Å². The van der Waals surface area contributed by atoms with Crippen LogP contribution in [0.4, 0.5) is 0 Å². The number of nitrogens with zero attached hydrogens (tertiary/aromatic N) is 4. The fourth-order valence-corrected chi connectivity index (χ4v) is 7.15. The van der Waals surface area contributed by atoms with Crippen molar-refractivity contribution in [1.29, 1.82) is 0 Å². The van der Waals surface area contributed by atoms with Crippen LogP contribution >= 0.6 is 23.2 Å². The summed E-state index contributed by atoms with van der Waals surface area (Å²) in [6, 6.07) is 34.0. The zero-order valence-corrected chi connectivity index (χ0v) is 40.2. The summed E-state index contributed by atoms with van der Waals surface area (Å²) in [6.45, 7) is 5.40. The van der Waals surface area contributed by atoms with Crippen molar-refractivity contribution < 1.29 is 58.8 Å². The average Bonchev–Trinajstić information content (AvgIpc) is 4.08. The van der Waals surface area contributed by atoms with Crippen molar-refractivity contribution in [2.75, 3.05) is 0 Å². The summed E-state index contributed by atoms with van der Waals surface area (Å²) in [6.07, 6.45) is 2.67. The molecule has 0 aliphatic carbocycles. The lowest BCUT2D eigenvalue weighted by Crippen LogP contribution is -2.14. The van der Waals surface area contributed by atoms with E-state index < -0.39 is 23.9 Å². The van der Waals surface area contributed by atoms with Gasteiger partial charge in [0, 0.05) is 76.8 Å². The topological polar surface area (TPSA) is 237 Å². The lowest BCUT2D eigenvalue weighted by molar-refractivity contribution is -0.137. The molecular formula is C52H50Cl2N4O12. The molecule has 16 nitrogen and oxygen atoms in total. The van der Waals surface area contributed by atoms with Gasteiger partial charge < -0.3 is 29.6 Å². The van der Waals surface area contributed by atoms with E-state index in [1.54, 1.807) is 139 Å². The number of carbonyl (C=O) groups is 8. The second kappa shape index (κ2) is 25.3. The van der Waals surface area contributed by atoms with E-state index in [1.807, 2.05) is 26.0 Å². The molecule has 70 heavy (non-hydrogen) atoms. The molecule has 0 saturated heterocycles. The second-order valence-electron chi connectivity index (χ2n) is 15.8. The van der Waals surface area contributed by atoms with Gasteiger partial charge in [-0.1, -0.05) is 73.4 Å². The summed E-state index contributed by atoms with van der Waals surface area (Å²) in [4.78, 5) is 90.8. The van der Waals surface area contributed by atoms with Crippen molar-refractivity contribution in [2.24, 2.45) is 20.0 Å². The molecule has 0 aliphatic heterocycles. The maximum Gasteiger partial charge on any atom is 0.309 e. The Morgan fingerprint density at radius 1 is 0.486 bits per heavy atom. The van der Waals surface area contributed by atoms with Crippen molar-refractivity contribution in [3.63, 3.8) is 0 Å². The summed E-state index contributed by atoms with van der Waals surface area (Å²) < 4.78 is 5.98. The molecule has 0 atom stereocenters. The minimum Gasteiger partial charge on any atom is -0.481 e. The zero-order valence-electron chi connectivity index (χ0n) is 38.7. The maximum atomic E-state index is 12.3. The molecule has 3 aromatic carbocycles. The lowest BCUT2D eigenvalue weighted by atomic mass is 10.1. The van der Waals surface area contributed by atoms with E-state index in [0.717, 1.165) is 0 Å². The molecule has 364 valence electrons. The van der Waals surface area contributed by atoms with Crippen LogP contribution < -0.4 is 0 Å². The molecule has 0 bridgehead atoms. The van der Waals surface area contributed by atoms with Crippen LogP contribution in [-0.2, 0) is 59.0 Å². The number of carboxylic acids is 4. The third kappa shape index (κ3) is 15.0. The Balaban J connectivity index is 0.000000204. The summed E-state index contributed by atoms with van der Waals surface area (Å²) in [5, 5.41) is 35.6. The molecule has 0 unspecified atom stereocenters. The van der Waals surface area contributed by atoms with Crippen LogP contribution in [0.3, 0.4) is 0 Å². The van der Waals surface area contributed by atoms with Crippen molar-refractivity contribution >= 4 is 70.5 Å². The first-order chi connectivity index (χ1) is 33.1. The van der Waals surface area contributed by atoms with Gasteiger partial charge >= 0.3 is 23.9 Å². The number of carbonyl (C=O) groups excluding carboxylic acids is 4. The van der Waals surface area contributed by atoms with Crippen LogP contribution in [0.1, 0.15) is 89.3 Å². The lowest BCUT2D eigenvalue weighted by Gasteiger charge is -2.07. The Morgan fingerprint density at radius 2 is 0.900 bits per heavy atom. The predicted molar refractivity (Wildman–Crippen MR) is 261 cm³/mol. The molecule has 0 spiro atoms. The molecule has 0 fully saturated rings. The Labute approximate surface area is 412 Å². The second-order valence-corrected chi connectivity index (χ2v) is 16.6. The summed E-state index contributed by atoms with van der Waals surface area (Å²) >= 11 is 11.8. The highest BCUT2D eigenvalue weighted by atomic mass is 35.5. The van der Waals surface area contributed by atoms with Crippen LogP contribution in [0.5, 0.6) is 0 Å². The highest BCUT2D eigenvalue weighted by Gasteiger charge is 2.19. The molecule has 0 amide bonds. The van der Waals surface area contributed by atoms with E-state index in [-0.39, 0.29) is 60.1 Å². The maximum absolute atomic E-state index is 12.3. The Bertz CT molecular complexity index is 2890. The van der Waals surface area contributed by atoms with Crippen LogP contribution in [-0.4, -0.2) is 86.0 Å². The molecule has 4 aromatic heterocycles. The van der Waals surface area contributed by atoms with Crippen LogP contribution in [0, 0.1) is 12.8 Å². The SMILES string of the molecule is CC(C)C(=O)c1ccc(CC(=O)O)n1C.Cc1c(CC(=O)O)ccn1C(=O)c1ccccc1.Cn1c(CC(=O)O)ccc1C(=O)c1ccc(Cl)cc1.O=C(O)Cc1ccn(C(=O)c2ccccc2)c1Cl. The van der Waals surface area contributed by atoms with E-state index in [9.17, 15) is 38.4 Å². The van der Waals surface area contributed by atoms with Crippen molar-refractivity contribution in [2.45, 2.75) is 46.5 Å². The van der Waals surface area contributed by atoms with E-state index in [4.69, 9.17) is 43.6 Å². The van der Waals surface area contributed by atoms with Gasteiger partial charge in [-0.15, -0.1) is 0 Å². The van der Waals surface area contributed by atoms with Crippen LogP contribution in [0.25, 0.3) is 0 Å². The number of benzene rings is 3. The first-order valence-corrected chi connectivity index (χ1v) is 22.1. The molecule has 4 heterocycles. The number of ketones is 2. The Morgan fingerprint density at radius 3 is 1.37 bits per heavy atom. The standard InChI is InChI=1S/C14H12ClNO3.C14H13NO3.C13H10ClNO3.C11H15NO3/c1-16-11(8-13(17)18)6-7-12(16)14(19)9-2-4-10(15)5-3-9;1-10-12(9-13(16)17)7-8-15(10)14(18)11-5-3-2-4-6-11;14-12-10(8-11(16)17)6-7-15(12)13(18)9-4-2-1-3-5-9;1-7(2)11(15)9-5-4-8(12(9)3)6-10(13)14/h2-7H,8H2,1H3,(H,17,18);2-8H,9H2,1H3,(H,16,17);1-7H,8H2,(H,16,17);4-5,7H,6H2,1-3H3,(H,13,14). The van der Waals surface area contributed by atoms with Gasteiger partial charge in [0.05, 0.1) is 37.1 Å². The van der Waals surface area contributed by atoms with Gasteiger partial charge in [-0.2, -0.15) is 0 Å². The predicted octanol–water partition coefficient (Wildman–Crippen LogP) is 8.60. The minimum absolute atomic E-state index is 0.0362. The molecule has 7 aromatic rings. The van der Waals surface area contributed by atoms with Gasteiger partial charge in [-0.05, 0) is 97.4 Å². The smallest absolute Gasteiger partial charge is 0.309 e. The normalized spacial score (nSPS) is 10.4. The van der Waals surface area contributed by atoms with Gasteiger partial charge in [0.2, 0.25) is 5.78 Å². The third-order valence-corrected chi connectivity index (χ3v) is 11.2. The quantitative estimate of drug-likeness (QED) is 0.0750. The summed E-state index contributed by atoms with van der Waals surface area (Å²) in [5.74, 6) is -4.32. The number of hydrogen-bond acceptors (Lipinski definition) is 8. The van der Waals surface area contributed by atoms with Gasteiger partial charge in [0.25, 0.3) is 11.8 Å². The molecule has 18 heteroatoms. The van der Waals surface area contributed by atoms with Gasteiger partial charge in [0.15, 0.2) is 5.78 Å². The minimum atomic E-state index is -0.984. The van der Waals surface area contributed by atoms with Crippen molar-refractivity contribution in [3.05, 3.63) is 200 Å². The number of carboxylic acid groups (broad SMARTS) is 4. The Hall–Kier alpha value is -8.08. The summed E-state index contributed by atoms with van der Waals surface area (Å²) in [7, 11) is 3.40. The number of aliphatic carboxylic acids is 4.